The molecule has 2 aromatic carbocycles. The molecule has 2 amide bonds. The average molecular weight is 310 g/mol. The monoisotopic (exact) mass is 309 g/mol. The zero-order chi connectivity index (χ0) is 15.4. The number of carbonyl (C=O) groups excluding carboxylic acids is 1. The van der Waals surface area contributed by atoms with Gasteiger partial charge in [-0.15, -0.1) is 0 Å². The van der Waals surface area contributed by atoms with Crippen LogP contribution in [0.3, 0.4) is 0 Å². The molecule has 108 valence electrons. The van der Waals surface area contributed by atoms with Crippen LogP contribution in [0.1, 0.15) is 0 Å². The van der Waals surface area contributed by atoms with E-state index in [4.69, 9.17) is 11.6 Å². The van der Waals surface area contributed by atoms with Crippen LogP contribution < -0.4 is 10.6 Å². The molecule has 0 unspecified atom stereocenters. The molecule has 0 aliphatic carbocycles. The summed E-state index contributed by atoms with van der Waals surface area (Å²) in [6.07, 6.45) is 0. The number of halogens is 2. The van der Waals surface area contributed by atoms with Crippen LogP contribution in [0.4, 0.5) is 26.2 Å². The number of rotatable bonds is 3. The van der Waals surface area contributed by atoms with Crippen LogP contribution in [0.2, 0.25) is 5.02 Å². The highest BCUT2D eigenvalue weighted by Crippen LogP contribution is 2.26. The Morgan fingerprint density at radius 1 is 1.14 bits per heavy atom. The van der Waals surface area contributed by atoms with Gasteiger partial charge in [0.05, 0.1) is 15.6 Å². The molecule has 6 nitrogen and oxygen atoms in total. The number of hydrogen-bond donors (Lipinski definition) is 2. The number of non-ortho nitro benzene ring substituents is 1. The maximum absolute atomic E-state index is 12.7. The molecule has 8 heteroatoms. The number of benzene rings is 2. The fourth-order valence-corrected chi connectivity index (χ4v) is 1.71. The van der Waals surface area contributed by atoms with Crippen LogP contribution in [0.5, 0.6) is 0 Å². The lowest BCUT2D eigenvalue weighted by molar-refractivity contribution is -0.384. The molecule has 0 aliphatic rings. The van der Waals surface area contributed by atoms with Gasteiger partial charge in [0, 0.05) is 17.8 Å². The molecule has 2 N–H and O–H groups in total. The number of nitrogens with one attached hydrogen (secondary N) is 2. The first-order valence-electron chi connectivity index (χ1n) is 5.73. The van der Waals surface area contributed by atoms with Gasteiger partial charge in [-0.3, -0.25) is 10.1 Å². The molecular formula is C13H9ClFN3O3. The largest absolute Gasteiger partial charge is 0.323 e. The van der Waals surface area contributed by atoms with Crippen LogP contribution in [0.25, 0.3) is 0 Å². The third-order valence-corrected chi connectivity index (χ3v) is 2.84. The summed E-state index contributed by atoms with van der Waals surface area (Å²) in [5.41, 5.74) is 0.275. The van der Waals surface area contributed by atoms with E-state index in [0.717, 1.165) is 6.07 Å². The van der Waals surface area contributed by atoms with Crippen LogP contribution in [0.15, 0.2) is 42.5 Å². The van der Waals surface area contributed by atoms with Gasteiger partial charge in [0.1, 0.15) is 5.82 Å². The Morgan fingerprint density at radius 2 is 1.81 bits per heavy atom. The molecule has 2 aromatic rings. The lowest BCUT2D eigenvalue weighted by atomic mass is 10.3. The van der Waals surface area contributed by atoms with Crippen molar-refractivity contribution >= 4 is 34.7 Å². The summed E-state index contributed by atoms with van der Waals surface area (Å²) in [6.45, 7) is 0. The van der Waals surface area contributed by atoms with Gasteiger partial charge in [0.25, 0.3) is 5.69 Å². The Balaban J connectivity index is 2.10. The van der Waals surface area contributed by atoms with Gasteiger partial charge in [-0.05, 0) is 30.3 Å². The highest BCUT2D eigenvalue weighted by atomic mass is 35.5. The fraction of sp³-hybridized carbons (Fsp3) is 0. The summed E-state index contributed by atoms with van der Waals surface area (Å²) in [6, 6.07) is 8.18. The van der Waals surface area contributed by atoms with Crippen molar-refractivity contribution in [1.29, 1.82) is 0 Å². The normalized spacial score (nSPS) is 10.0. The molecule has 0 fully saturated rings. The third kappa shape index (κ3) is 3.90. The molecule has 2 rings (SSSR count). The number of nitrogens with zero attached hydrogens (tertiary/aromatic N) is 1. The van der Waals surface area contributed by atoms with Crippen molar-refractivity contribution in [3.63, 3.8) is 0 Å². The van der Waals surface area contributed by atoms with Crippen LogP contribution in [-0.2, 0) is 0 Å². The number of carbonyl (C=O) groups is 1. The van der Waals surface area contributed by atoms with E-state index in [1.807, 2.05) is 0 Å². The van der Waals surface area contributed by atoms with E-state index in [1.165, 1.54) is 36.4 Å². The number of nitro groups is 1. The second kappa shape index (κ2) is 6.19. The molecule has 0 spiro atoms. The van der Waals surface area contributed by atoms with Gasteiger partial charge < -0.3 is 10.6 Å². The molecule has 0 heterocycles. The minimum atomic E-state index is -0.649. The van der Waals surface area contributed by atoms with Crippen molar-refractivity contribution in [3.05, 3.63) is 63.4 Å². The van der Waals surface area contributed by atoms with E-state index < -0.39 is 16.8 Å². The van der Waals surface area contributed by atoms with Crippen LogP contribution in [0, 0.1) is 15.9 Å². The minimum Gasteiger partial charge on any atom is -0.308 e. The van der Waals surface area contributed by atoms with E-state index in [0.29, 0.717) is 5.69 Å². The maximum atomic E-state index is 12.7. The van der Waals surface area contributed by atoms with Gasteiger partial charge in [-0.1, -0.05) is 11.6 Å². The Bertz CT molecular complexity index is 692. The van der Waals surface area contributed by atoms with Crippen molar-refractivity contribution < 1.29 is 14.1 Å². The Hall–Kier alpha value is -2.67. The SMILES string of the molecule is O=C(Nc1ccc(F)cc1)Nc1cc([N+](=O)[O-])ccc1Cl. The maximum Gasteiger partial charge on any atom is 0.323 e. The highest BCUT2D eigenvalue weighted by Gasteiger charge is 2.12. The molecule has 0 aliphatic heterocycles. The average Bonchev–Trinajstić information content (AvgIpc) is 2.43. The third-order valence-electron chi connectivity index (χ3n) is 2.51. The van der Waals surface area contributed by atoms with E-state index in [2.05, 4.69) is 10.6 Å². The van der Waals surface area contributed by atoms with E-state index in [-0.39, 0.29) is 16.4 Å². The number of amides is 2. The number of nitro benzene ring substituents is 1. The lowest BCUT2D eigenvalue weighted by Crippen LogP contribution is -2.19. The molecular weight excluding hydrogens is 301 g/mol. The van der Waals surface area contributed by atoms with Crippen molar-refractivity contribution in [2.75, 3.05) is 10.6 Å². The quantitative estimate of drug-likeness (QED) is 0.663. The Kier molecular flexibility index (Phi) is 4.34. The standard InChI is InChI=1S/C13H9ClFN3O3/c14-11-6-5-10(18(20)21)7-12(11)17-13(19)16-9-3-1-8(15)2-4-9/h1-7H,(H2,16,17,19). The topological polar surface area (TPSA) is 84.3 Å². The van der Waals surface area contributed by atoms with E-state index in [1.54, 1.807) is 0 Å². The molecule has 0 saturated carbocycles. The Morgan fingerprint density at radius 3 is 2.43 bits per heavy atom. The predicted molar refractivity (Wildman–Crippen MR) is 77.1 cm³/mol. The first-order chi connectivity index (χ1) is 9.95. The summed E-state index contributed by atoms with van der Waals surface area (Å²) >= 11 is 5.85. The summed E-state index contributed by atoms with van der Waals surface area (Å²) < 4.78 is 12.7. The van der Waals surface area contributed by atoms with Crippen molar-refractivity contribution in [2.24, 2.45) is 0 Å². The fourth-order valence-electron chi connectivity index (χ4n) is 1.54. The molecule has 0 radical (unpaired) electrons. The Labute approximate surface area is 123 Å². The van der Waals surface area contributed by atoms with Crippen molar-refractivity contribution in [3.8, 4) is 0 Å². The smallest absolute Gasteiger partial charge is 0.308 e. The van der Waals surface area contributed by atoms with Gasteiger partial charge >= 0.3 is 6.03 Å². The van der Waals surface area contributed by atoms with Crippen molar-refractivity contribution in [1.82, 2.24) is 0 Å². The molecule has 0 saturated heterocycles. The van der Waals surface area contributed by atoms with Crippen LogP contribution >= 0.6 is 11.6 Å². The molecule has 0 atom stereocenters. The number of urea groups is 1. The second-order valence-electron chi connectivity index (χ2n) is 4.01. The first-order valence-corrected chi connectivity index (χ1v) is 6.11. The summed E-state index contributed by atoms with van der Waals surface area (Å²) in [5.74, 6) is -0.428. The zero-order valence-electron chi connectivity index (χ0n) is 10.5. The lowest BCUT2D eigenvalue weighted by Gasteiger charge is -2.08. The first kappa shape index (κ1) is 14.7. The predicted octanol–water partition coefficient (Wildman–Crippen LogP) is 4.03. The molecule has 21 heavy (non-hydrogen) atoms. The van der Waals surface area contributed by atoms with E-state index in [9.17, 15) is 19.3 Å². The van der Waals surface area contributed by atoms with Gasteiger partial charge in [-0.2, -0.15) is 0 Å². The number of anilines is 2. The summed E-state index contributed by atoms with van der Waals surface area (Å²) in [5, 5.41) is 15.7. The zero-order valence-corrected chi connectivity index (χ0v) is 11.2. The summed E-state index contributed by atoms with van der Waals surface area (Å²) in [7, 11) is 0. The van der Waals surface area contributed by atoms with Gasteiger partial charge in [0.15, 0.2) is 0 Å². The second-order valence-corrected chi connectivity index (χ2v) is 4.41. The molecule has 0 aromatic heterocycles. The van der Waals surface area contributed by atoms with Gasteiger partial charge in [0.2, 0.25) is 0 Å². The molecule has 0 bridgehead atoms. The van der Waals surface area contributed by atoms with E-state index >= 15 is 0 Å². The van der Waals surface area contributed by atoms with Crippen LogP contribution in [-0.4, -0.2) is 11.0 Å². The number of hydrogen-bond acceptors (Lipinski definition) is 3. The summed E-state index contributed by atoms with van der Waals surface area (Å²) in [4.78, 5) is 21.8. The van der Waals surface area contributed by atoms with Crippen molar-refractivity contribution in [2.45, 2.75) is 0 Å². The highest BCUT2D eigenvalue weighted by molar-refractivity contribution is 6.33. The minimum absolute atomic E-state index is 0.102. The van der Waals surface area contributed by atoms with Gasteiger partial charge in [-0.25, -0.2) is 9.18 Å².